The molecule has 0 atom stereocenters. The number of aryl methyl sites for hydroxylation is 2. The van der Waals surface area contributed by atoms with Crippen LogP contribution in [0.4, 0.5) is 16.3 Å². The normalized spacial score (nSPS) is 10.5. The van der Waals surface area contributed by atoms with Crippen LogP contribution in [-0.2, 0) is 7.05 Å². The number of benzene rings is 1. The van der Waals surface area contributed by atoms with Gasteiger partial charge in [-0.1, -0.05) is 18.2 Å². The zero-order valence-corrected chi connectivity index (χ0v) is 12.8. The Bertz CT molecular complexity index is 947. The van der Waals surface area contributed by atoms with Crippen molar-refractivity contribution in [2.24, 2.45) is 7.05 Å². The van der Waals surface area contributed by atoms with Crippen molar-refractivity contribution in [3.63, 3.8) is 0 Å². The fourth-order valence-electron chi connectivity index (χ4n) is 2.39. The molecule has 3 rings (SSSR count). The maximum Gasteiger partial charge on any atom is 0.324 e. The van der Waals surface area contributed by atoms with Crippen LogP contribution in [0, 0.1) is 6.92 Å². The van der Waals surface area contributed by atoms with Gasteiger partial charge in [-0.3, -0.25) is 10.1 Å². The van der Waals surface area contributed by atoms with E-state index < -0.39 is 6.03 Å². The number of nitrogens with zero attached hydrogens (tertiary/aromatic N) is 2. The minimum absolute atomic E-state index is 0.105. The molecule has 0 saturated heterocycles. The number of urea groups is 1. The standard InChI is InChI=1S/C17H16N4O2/c1-11-7-8-18-15(9-11)20-17(23)19-14-10-21(2)16(22)13-6-4-3-5-12(13)14/h3-10H,1-2H3,(H2,18,19,20,23). The maximum atomic E-state index is 12.2. The van der Waals surface area contributed by atoms with Crippen molar-refractivity contribution in [3.05, 3.63) is 64.7 Å². The molecule has 0 unspecified atom stereocenters. The number of amides is 2. The first-order valence-electron chi connectivity index (χ1n) is 7.13. The van der Waals surface area contributed by atoms with Crippen LogP contribution in [0.25, 0.3) is 10.8 Å². The molecule has 3 aromatic rings. The molecule has 0 aliphatic rings. The van der Waals surface area contributed by atoms with Crippen LogP contribution in [-0.4, -0.2) is 15.6 Å². The summed E-state index contributed by atoms with van der Waals surface area (Å²) >= 11 is 0. The predicted octanol–water partition coefficient (Wildman–Crippen LogP) is 2.89. The molecule has 1 aromatic carbocycles. The van der Waals surface area contributed by atoms with Gasteiger partial charge in [-0.05, 0) is 30.7 Å². The van der Waals surface area contributed by atoms with Crippen molar-refractivity contribution in [2.75, 3.05) is 10.6 Å². The number of rotatable bonds is 2. The Morgan fingerprint density at radius 3 is 2.61 bits per heavy atom. The Morgan fingerprint density at radius 2 is 1.87 bits per heavy atom. The fourth-order valence-corrected chi connectivity index (χ4v) is 2.39. The van der Waals surface area contributed by atoms with Crippen molar-refractivity contribution in [1.82, 2.24) is 9.55 Å². The topological polar surface area (TPSA) is 76.0 Å². The minimum Gasteiger partial charge on any atom is -0.316 e. The molecule has 2 aromatic heterocycles. The lowest BCUT2D eigenvalue weighted by Crippen LogP contribution is -2.23. The molecule has 116 valence electrons. The van der Waals surface area contributed by atoms with Gasteiger partial charge in [0.25, 0.3) is 5.56 Å². The van der Waals surface area contributed by atoms with Crippen molar-refractivity contribution >= 4 is 28.3 Å². The van der Waals surface area contributed by atoms with Crippen LogP contribution in [0.5, 0.6) is 0 Å². The number of hydrogen-bond acceptors (Lipinski definition) is 3. The second-order valence-corrected chi connectivity index (χ2v) is 5.30. The number of aromatic nitrogens is 2. The number of carbonyl (C=O) groups is 1. The lowest BCUT2D eigenvalue weighted by Gasteiger charge is -2.11. The lowest BCUT2D eigenvalue weighted by molar-refractivity contribution is 0.262. The van der Waals surface area contributed by atoms with Crippen LogP contribution < -0.4 is 16.2 Å². The van der Waals surface area contributed by atoms with Gasteiger partial charge in [-0.25, -0.2) is 9.78 Å². The van der Waals surface area contributed by atoms with Crippen molar-refractivity contribution in [1.29, 1.82) is 0 Å². The molecule has 23 heavy (non-hydrogen) atoms. The summed E-state index contributed by atoms with van der Waals surface area (Å²) in [5.41, 5.74) is 1.46. The molecule has 2 N–H and O–H groups in total. The first-order chi connectivity index (χ1) is 11.0. The van der Waals surface area contributed by atoms with Gasteiger partial charge in [0.15, 0.2) is 0 Å². The molecule has 0 spiro atoms. The summed E-state index contributed by atoms with van der Waals surface area (Å²) < 4.78 is 1.45. The number of anilines is 2. The zero-order valence-electron chi connectivity index (χ0n) is 12.8. The summed E-state index contributed by atoms with van der Waals surface area (Å²) in [5.74, 6) is 0.469. The Morgan fingerprint density at radius 1 is 1.13 bits per heavy atom. The van der Waals surface area contributed by atoms with E-state index in [-0.39, 0.29) is 5.56 Å². The van der Waals surface area contributed by atoms with Gasteiger partial charge in [0, 0.05) is 30.2 Å². The quantitative estimate of drug-likeness (QED) is 0.764. The molecule has 0 fully saturated rings. The Balaban J connectivity index is 1.91. The van der Waals surface area contributed by atoms with Gasteiger partial charge in [-0.15, -0.1) is 0 Å². The predicted molar refractivity (Wildman–Crippen MR) is 90.8 cm³/mol. The van der Waals surface area contributed by atoms with E-state index in [0.717, 1.165) is 5.56 Å². The van der Waals surface area contributed by atoms with E-state index in [2.05, 4.69) is 15.6 Å². The van der Waals surface area contributed by atoms with Crippen molar-refractivity contribution in [3.8, 4) is 0 Å². The van der Waals surface area contributed by atoms with E-state index in [0.29, 0.717) is 22.3 Å². The summed E-state index contributed by atoms with van der Waals surface area (Å²) in [6.45, 7) is 1.92. The first kappa shape index (κ1) is 14.8. The van der Waals surface area contributed by atoms with E-state index >= 15 is 0 Å². The molecule has 0 saturated carbocycles. The molecule has 6 nitrogen and oxygen atoms in total. The summed E-state index contributed by atoms with van der Waals surface area (Å²) in [6.07, 6.45) is 3.24. The molecule has 0 aliphatic heterocycles. The Labute approximate surface area is 132 Å². The Hall–Kier alpha value is -3.15. The highest BCUT2D eigenvalue weighted by Gasteiger charge is 2.10. The van der Waals surface area contributed by atoms with E-state index in [1.165, 1.54) is 4.57 Å². The monoisotopic (exact) mass is 308 g/mol. The number of pyridine rings is 2. The summed E-state index contributed by atoms with van der Waals surface area (Å²) in [7, 11) is 1.65. The van der Waals surface area contributed by atoms with Gasteiger partial charge in [0.05, 0.1) is 5.69 Å². The molecular formula is C17H16N4O2. The van der Waals surface area contributed by atoms with Crippen LogP contribution in [0.3, 0.4) is 0 Å². The highest BCUT2D eigenvalue weighted by atomic mass is 16.2. The van der Waals surface area contributed by atoms with Crippen LogP contribution in [0.2, 0.25) is 0 Å². The van der Waals surface area contributed by atoms with Gasteiger partial charge < -0.3 is 9.88 Å². The molecule has 0 radical (unpaired) electrons. The number of nitrogens with one attached hydrogen (secondary N) is 2. The molecule has 0 aliphatic carbocycles. The van der Waals surface area contributed by atoms with E-state index in [9.17, 15) is 9.59 Å². The van der Waals surface area contributed by atoms with Crippen molar-refractivity contribution < 1.29 is 4.79 Å². The van der Waals surface area contributed by atoms with E-state index in [1.54, 1.807) is 43.7 Å². The van der Waals surface area contributed by atoms with Crippen molar-refractivity contribution in [2.45, 2.75) is 6.92 Å². The van der Waals surface area contributed by atoms with Gasteiger partial charge in [-0.2, -0.15) is 0 Å². The highest BCUT2D eigenvalue weighted by molar-refractivity contribution is 6.05. The zero-order chi connectivity index (χ0) is 16.4. The smallest absolute Gasteiger partial charge is 0.316 e. The second kappa shape index (κ2) is 5.92. The third kappa shape index (κ3) is 3.06. The second-order valence-electron chi connectivity index (χ2n) is 5.30. The van der Waals surface area contributed by atoms with Gasteiger partial charge in [0.2, 0.25) is 0 Å². The number of fused-ring (bicyclic) bond motifs is 1. The van der Waals surface area contributed by atoms with Crippen LogP contribution >= 0.6 is 0 Å². The van der Waals surface area contributed by atoms with Gasteiger partial charge in [0.1, 0.15) is 5.82 Å². The minimum atomic E-state index is -0.410. The summed E-state index contributed by atoms with van der Waals surface area (Å²) in [5, 5.41) is 6.71. The molecule has 2 amide bonds. The Kier molecular flexibility index (Phi) is 3.80. The summed E-state index contributed by atoms with van der Waals surface area (Å²) in [4.78, 5) is 28.4. The average Bonchev–Trinajstić information content (AvgIpc) is 2.52. The van der Waals surface area contributed by atoms with Crippen LogP contribution in [0.15, 0.2) is 53.6 Å². The number of carbonyl (C=O) groups excluding carboxylic acids is 1. The summed E-state index contributed by atoms with van der Waals surface area (Å²) in [6, 6.07) is 10.4. The highest BCUT2D eigenvalue weighted by Crippen LogP contribution is 2.20. The largest absolute Gasteiger partial charge is 0.324 e. The van der Waals surface area contributed by atoms with Gasteiger partial charge >= 0.3 is 6.03 Å². The lowest BCUT2D eigenvalue weighted by atomic mass is 10.1. The van der Waals surface area contributed by atoms with E-state index in [4.69, 9.17) is 0 Å². The first-order valence-corrected chi connectivity index (χ1v) is 7.13. The molecule has 6 heteroatoms. The average molecular weight is 308 g/mol. The third-order valence-corrected chi connectivity index (χ3v) is 3.50. The molecular weight excluding hydrogens is 292 g/mol. The third-order valence-electron chi connectivity index (χ3n) is 3.50. The SMILES string of the molecule is Cc1ccnc(NC(=O)Nc2cn(C)c(=O)c3ccccc23)c1. The van der Waals surface area contributed by atoms with E-state index in [1.807, 2.05) is 19.1 Å². The number of hydrogen-bond donors (Lipinski definition) is 2. The fraction of sp³-hybridized carbons (Fsp3) is 0.118. The molecule has 2 heterocycles. The van der Waals surface area contributed by atoms with Crippen LogP contribution in [0.1, 0.15) is 5.56 Å². The molecule has 0 bridgehead atoms. The maximum absolute atomic E-state index is 12.2.